The van der Waals surface area contributed by atoms with Gasteiger partial charge in [0.2, 0.25) is 0 Å². The van der Waals surface area contributed by atoms with Gasteiger partial charge in [0.15, 0.2) is 6.61 Å². The molecule has 3 heteroatoms. The van der Waals surface area contributed by atoms with Crippen LogP contribution in [0.1, 0.15) is 19.4 Å². The van der Waals surface area contributed by atoms with Gasteiger partial charge in [0, 0.05) is 0 Å². The SMILES string of the molecule is CC(C)Cc1cccc2c1OCC(=O)N2. The molecule has 1 aliphatic rings. The van der Waals surface area contributed by atoms with Crippen molar-refractivity contribution in [2.45, 2.75) is 20.3 Å². The number of amides is 1. The van der Waals surface area contributed by atoms with Gasteiger partial charge in [-0.3, -0.25) is 4.79 Å². The lowest BCUT2D eigenvalue weighted by molar-refractivity contribution is -0.118. The monoisotopic (exact) mass is 205 g/mol. The van der Waals surface area contributed by atoms with Crippen LogP contribution in [0.25, 0.3) is 0 Å². The maximum Gasteiger partial charge on any atom is 0.262 e. The third-order valence-electron chi connectivity index (χ3n) is 2.35. The van der Waals surface area contributed by atoms with E-state index in [4.69, 9.17) is 4.74 Å². The van der Waals surface area contributed by atoms with E-state index in [0.717, 1.165) is 17.9 Å². The fraction of sp³-hybridized carbons (Fsp3) is 0.417. The lowest BCUT2D eigenvalue weighted by Crippen LogP contribution is -2.26. The first-order chi connectivity index (χ1) is 7.16. The van der Waals surface area contributed by atoms with E-state index >= 15 is 0 Å². The van der Waals surface area contributed by atoms with Gasteiger partial charge < -0.3 is 10.1 Å². The zero-order chi connectivity index (χ0) is 10.8. The summed E-state index contributed by atoms with van der Waals surface area (Å²) in [4.78, 5) is 11.1. The molecule has 1 aromatic rings. The molecule has 0 atom stereocenters. The van der Waals surface area contributed by atoms with E-state index in [1.165, 1.54) is 5.56 Å². The van der Waals surface area contributed by atoms with Crippen LogP contribution in [0.3, 0.4) is 0 Å². The van der Waals surface area contributed by atoms with Crippen molar-refractivity contribution in [2.24, 2.45) is 5.92 Å². The lowest BCUT2D eigenvalue weighted by Gasteiger charge is -2.21. The summed E-state index contributed by atoms with van der Waals surface area (Å²) in [6, 6.07) is 5.87. The van der Waals surface area contributed by atoms with E-state index < -0.39 is 0 Å². The van der Waals surface area contributed by atoms with Crippen LogP contribution < -0.4 is 10.1 Å². The van der Waals surface area contributed by atoms with Crippen LogP contribution in [0.15, 0.2) is 18.2 Å². The number of rotatable bonds is 2. The fourth-order valence-corrected chi connectivity index (χ4v) is 1.78. The number of fused-ring (bicyclic) bond motifs is 1. The van der Waals surface area contributed by atoms with E-state index in [2.05, 4.69) is 25.2 Å². The van der Waals surface area contributed by atoms with Crippen molar-refractivity contribution < 1.29 is 9.53 Å². The fourth-order valence-electron chi connectivity index (χ4n) is 1.78. The first kappa shape index (κ1) is 10.0. The lowest BCUT2D eigenvalue weighted by atomic mass is 10.0. The average Bonchev–Trinajstić information content (AvgIpc) is 2.16. The second-order valence-electron chi connectivity index (χ2n) is 4.23. The predicted molar refractivity (Wildman–Crippen MR) is 59.1 cm³/mol. The molecule has 0 aliphatic carbocycles. The van der Waals surface area contributed by atoms with Crippen molar-refractivity contribution in [3.63, 3.8) is 0 Å². The molecular weight excluding hydrogens is 190 g/mol. The molecule has 0 bridgehead atoms. The number of anilines is 1. The van der Waals surface area contributed by atoms with Crippen molar-refractivity contribution in [3.8, 4) is 5.75 Å². The van der Waals surface area contributed by atoms with E-state index in [1.54, 1.807) is 0 Å². The molecule has 1 heterocycles. The molecule has 0 unspecified atom stereocenters. The smallest absolute Gasteiger partial charge is 0.262 e. The van der Waals surface area contributed by atoms with Gasteiger partial charge in [-0.25, -0.2) is 0 Å². The maximum absolute atomic E-state index is 11.1. The van der Waals surface area contributed by atoms with Crippen LogP contribution in [0.2, 0.25) is 0 Å². The Hall–Kier alpha value is -1.51. The van der Waals surface area contributed by atoms with Crippen LogP contribution in [0.5, 0.6) is 5.75 Å². The Morgan fingerprint density at radius 2 is 2.27 bits per heavy atom. The van der Waals surface area contributed by atoms with Gasteiger partial charge in [-0.2, -0.15) is 0 Å². The highest BCUT2D eigenvalue weighted by atomic mass is 16.5. The molecule has 0 fully saturated rings. The van der Waals surface area contributed by atoms with Crippen LogP contribution in [-0.2, 0) is 11.2 Å². The minimum Gasteiger partial charge on any atom is -0.481 e. The topological polar surface area (TPSA) is 38.3 Å². The highest BCUT2D eigenvalue weighted by Crippen LogP contribution is 2.32. The number of carbonyl (C=O) groups is 1. The summed E-state index contributed by atoms with van der Waals surface area (Å²) in [7, 11) is 0. The normalized spacial score (nSPS) is 14.5. The average molecular weight is 205 g/mol. The Labute approximate surface area is 89.4 Å². The zero-order valence-corrected chi connectivity index (χ0v) is 9.04. The molecule has 1 N–H and O–H groups in total. The van der Waals surface area contributed by atoms with Gasteiger partial charge in [0.1, 0.15) is 5.75 Å². The van der Waals surface area contributed by atoms with Crippen LogP contribution in [0.4, 0.5) is 5.69 Å². The number of benzene rings is 1. The van der Waals surface area contributed by atoms with Gasteiger partial charge in [-0.15, -0.1) is 0 Å². The van der Waals surface area contributed by atoms with Gasteiger partial charge in [-0.05, 0) is 24.0 Å². The first-order valence-corrected chi connectivity index (χ1v) is 5.21. The summed E-state index contributed by atoms with van der Waals surface area (Å²) in [5.41, 5.74) is 1.96. The highest BCUT2D eigenvalue weighted by Gasteiger charge is 2.18. The van der Waals surface area contributed by atoms with E-state index in [1.807, 2.05) is 12.1 Å². The molecule has 2 rings (SSSR count). The molecule has 3 nitrogen and oxygen atoms in total. The molecule has 0 radical (unpaired) electrons. The van der Waals surface area contributed by atoms with Crippen molar-refractivity contribution in [1.29, 1.82) is 0 Å². The summed E-state index contributed by atoms with van der Waals surface area (Å²) in [6.07, 6.45) is 0.971. The Kier molecular flexibility index (Phi) is 2.62. The van der Waals surface area contributed by atoms with E-state index in [9.17, 15) is 4.79 Å². The maximum atomic E-state index is 11.1. The largest absolute Gasteiger partial charge is 0.481 e. The van der Waals surface area contributed by atoms with Crippen molar-refractivity contribution in [3.05, 3.63) is 23.8 Å². The molecule has 15 heavy (non-hydrogen) atoms. The van der Waals surface area contributed by atoms with Crippen LogP contribution >= 0.6 is 0 Å². The van der Waals surface area contributed by atoms with Crippen molar-refractivity contribution in [2.75, 3.05) is 11.9 Å². The van der Waals surface area contributed by atoms with E-state index in [0.29, 0.717) is 5.92 Å². The third-order valence-corrected chi connectivity index (χ3v) is 2.35. The minimum absolute atomic E-state index is 0.0794. The van der Waals surface area contributed by atoms with Gasteiger partial charge in [0.25, 0.3) is 5.91 Å². The zero-order valence-electron chi connectivity index (χ0n) is 9.04. The summed E-state index contributed by atoms with van der Waals surface area (Å²) in [5.74, 6) is 1.34. The summed E-state index contributed by atoms with van der Waals surface area (Å²) >= 11 is 0. The Morgan fingerprint density at radius 3 is 3.00 bits per heavy atom. The van der Waals surface area contributed by atoms with Gasteiger partial charge >= 0.3 is 0 Å². The molecule has 1 aliphatic heterocycles. The molecule has 1 aromatic carbocycles. The Balaban J connectivity index is 2.33. The highest BCUT2D eigenvalue weighted by molar-refractivity contribution is 5.95. The molecule has 0 aromatic heterocycles. The summed E-state index contributed by atoms with van der Waals surface area (Å²) in [6.45, 7) is 4.46. The molecule has 0 saturated heterocycles. The standard InChI is InChI=1S/C12H15NO2/c1-8(2)6-9-4-3-5-10-12(9)15-7-11(14)13-10/h3-5,8H,6-7H2,1-2H3,(H,13,14). The number of ether oxygens (including phenoxy) is 1. The summed E-state index contributed by atoms with van der Waals surface area (Å²) < 4.78 is 5.46. The second-order valence-corrected chi connectivity index (χ2v) is 4.23. The molecule has 1 amide bonds. The molecular formula is C12H15NO2. The number of hydrogen-bond acceptors (Lipinski definition) is 2. The van der Waals surface area contributed by atoms with Gasteiger partial charge in [0.05, 0.1) is 5.69 Å². The van der Waals surface area contributed by atoms with E-state index in [-0.39, 0.29) is 12.5 Å². The third kappa shape index (κ3) is 2.12. The van der Waals surface area contributed by atoms with Crippen LogP contribution in [0, 0.1) is 5.92 Å². The van der Waals surface area contributed by atoms with Gasteiger partial charge in [-0.1, -0.05) is 26.0 Å². The Bertz CT molecular complexity index is 385. The number of carbonyl (C=O) groups excluding carboxylic acids is 1. The molecule has 0 saturated carbocycles. The number of para-hydroxylation sites is 1. The number of nitrogens with one attached hydrogen (secondary N) is 1. The van der Waals surface area contributed by atoms with Crippen molar-refractivity contribution >= 4 is 11.6 Å². The summed E-state index contributed by atoms with van der Waals surface area (Å²) in [5, 5.41) is 2.81. The second kappa shape index (κ2) is 3.93. The predicted octanol–water partition coefficient (Wildman–Crippen LogP) is 2.22. The van der Waals surface area contributed by atoms with Crippen molar-refractivity contribution in [1.82, 2.24) is 0 Å². The molecule has 0 spiro atoms. The molecule has 80 valence electrons. The van der Waals surface area contributed by atoms with Crippen LogP contribution in [-0.4, -0.2) is 12.5 Å². The first-order valence-electron chi connectivity index (χ1n) is 5.21. The Morgan fingerprint density at radius 1 is 1.47 bits per heavy atom. The number of hydrogen-bond donors (Lipinski definition) is 1. The quantitative estimate of drug-likeness (QED) is 0.804. The minimum atomic E-state index is -0.0794.